The number of imidazole rings is 1. The first-order valence-electron chi connectivity index (χ1n) is 6.99. The van der Waals surface area contributed by atoms with Gasteiger partial charge in [-0.25, -0.2) is 14.4 Å². The Morgan fingerprint density at radius 1 is 1.13 bits per heavy atom. The van der Waals surface area contributed by atoms with E-state index in [0.29, 0.717) is 33.4 Å². The number of hydrogen-bond acceptors (Lipinski definition) is 3. The van der Waals surface area contributed by atoms with Crippen LogP contribution in [0.25, 0.3) is 5.69 Å². The molecule has 0 bridgehead atoms. The predicted molar refractivity (Wildman–Crippen MR) is 85.6 cm³/mol. The van der Waals surface area contributed by atoms with Crippen LogP contribution in [0.2, 0.25) is 5.02 Å². The maximum atomic E-state index is 13.8. The molecule has 1 atom stereocenters. The maximum absolute atomic E-state index is 13.8. The van der Waals surface area contributed by atoms with Gasteiger partial charge in [-0.2, -0.15) is 0 Å². The molecule has 4 nitrogen and oxygen atoms in total. The summed E-state index contributed by atoms with van der Waals surface area (Å²) in [5.74, 6) is -0.0125. The van der Waals surface area contributed by atoms with Gasteiger partial charge in [0.25, 0.3) is 0 Å². The molecule has 114 valence electrons. The Kier molecular flexibility index (Phi) is 3.25. The van der Waals surface area contributed by atoms with E-state index in [4.69, 9.17) is 11.6 Å². The van der Waals surface area contributed by atoms with Crippen molar-refractivity contribution >= 4 is 17.3 Å². The first-order chi connectivity index (χ1) is 11.1. The van der Waals surface area contributed by atoms with Crippen LogP contribution < -0.4 is 0 Å². The highest BCUT2D eigenvalue weighted by molar-refractivity contribution is 6.35. The van der Waals surface area contributed by atoms with Gasteiger partial charge in [-0.15, -0.1) is 0 Å². The topological polar surface area (TPSA) is 50.4 Å². The summed E-state index contributed by atoms with van der Waals surface area (Å²) in [7, 11) is 0. The molecular weight excluding hydrogens is 317 g/mol. The van der Waals surface area contributed by atoms with Crippen molar-refractivity contribution in [2.75, 3.05) is 0 Å². The molecule has 3 aromatic rings. The quantitative estimate of drug-likeness (QED) is 0.743. The Morgan fingerprint density at radius 3 is 2.78 bits per heavy atom. The van der Waals surface area contributed by atoms with E-state index < -0.39 is 6.23 Å². The summed E-state index contributed by atoms with van der Waals surface area (Å²) in [4.78, 5) is 8.49. The van der Waals surface area contributed by atoms with E-state index in [2.05, 4.69) is 9.98 Å². The third kappa shape index (κ3) is 2.25. The van der Waals surface area contributed by atoms with Crippen molar-refractivity contribution in [3.63, 3.8) is 0 Å². The summed E-state index contributed by atoms with van der Waals surface area (Å²) < 4.78 is 15.5. The highest BCUT2D eigenvalue weighted by Crippen LogP contribution is 2.31. The monoisotopic (exact) mass is 327 g/mol. The van der Waals surface area contributed by atoms with Gasteiger partial charge in [0.1, 0.15) is 5.82 Å². The molecule has 23 heavy (non-hydrogen) atoms. The van der Waals surface area contributed by atoms with Crippen LogP contribution in [-0.4, -0.2) is 20.4 Å². The molecule has 1 aliphatic rings. The normalized spacial score (nSPS) is 16.3. The van der Waals surface area contributed by atoms with Crippen molar-refractivity contribution < 1.29 is 9.50 Å². The van der Waals surface area contributed by atoms with Gasteiger partial charge >= 0.3 is 0 Å². The number of aliphatic hydroxyl groups excluding tert-OH is 1. The number of aliphatic imine (C=N–C) groups is 1. The zero-order valence-electron chi connectivity index (χ0n) is 11.8. The van der Waals surface area contributed by atoms with Gasteiger partial charge < -0.3 is 5.11 Å². The van der Waals surface area contributed by atoms with Crippen LogP contribution in [-0.2, 0) is 0 Å². The van der Waals surface area contributed by atoms with E-state index in [1.807, 2.05) is 6.07 Å². The van der Waals surface area contributed by atoms with E-state index in [9.17, 15) is 9.50 Å². The fourth-order valence-corrected chi connectivity index (χ4v) is 2.96. The van der Waals surface area contributed by atoms with Crippen molar-refractivity contribution in [1.82, 2.24) is 9.55 Å². The summed E-state index contributed by atoms with van der Waals surface area (Å²) in [6.45, 7) is 0. The molecule has 0 aliphatic carbocycles. The molecule has 0 spiro atoms. The molecule has 0 saturated carbocycles. The number of hydrogen-bond donors (Lipinski definition) is 1. The lowest BCUT2D eigenvalue weighted by Gasteiger charge is -2.12. The number of benzene rings is 2. The average molecular weight is 328 g/mol. The van der Waals surface area contributed by atoms with Crippen molar-refractivity contribution in [2.24, 2.45) is 4.99 Å². The average Bonchev–Trinajstić information content (AvgIpc) is 2.99. The van der Waals surface area contributed by atoms with Crippen LogP contribution in [0, 0.1) is 5.82 Å². The Balaban J connectivity index is 2.05. The van der Waals surface area contributed by atoms with Gasteiger partial charge in [0.05, 0.1) is 11.4 Å². The number of aromatic nitrogens is 2. The second kappa shape index (κ2) is 5.30. The molecule has 1 unspecified atom stereocenters. The third-order valence-electron chi connectivity index (χ3n) is 3.75. The smallest absolute Gasteiger partial charge is 0.205 e. The summed E-state index contributed by atoms with van der Waals surface area (Å²) in [5.41, 5.74) is 2.30. The fourth-order valence-electron chi connectivity index (χ4n) is 2.74. The predicted octanol–water partition coefficient (Wildman–Crippen LogP) is 3.51. The first kappa shape index (κ1) is 14.1. The minimum Gasteiger partial charge on any atom is -0.365 e. The Hall–Kier alpha value is -2.50. The van der Waals surface area contributed by atoms with E-state index in [1.54, 1.807) is 41.2 Å². The molecule has 0 amide bonds. The minimum absolute atomic E-state index is 0.375. The standard InChI is InChI=1S/C17H11ClFN3O/c18-13-4-2-1-3-11(13)15-12-9-10(19)5-6-14(12)22-8-7-20-16(22)17(23)21-15/h1-9,17,23H. The third-order valence-corrected chi connectivity index (χ3v) is 4.08. The van der Waals surface area contributed by atoms with Crippen molar-refractivity contribution in [2.45, 2.75) is 6.23 Å². The summed E-state index contributed by atoms with van der Waals surface area (Å²) in [6.07, 6.45) is 2.12. The number of fused-ring (bicyclic) bond motifs is 3. The molecular formula is C17H11ClFN3O. The molecule has 2 aromatic carbocycles. The Morgan fingerprint density at radius 2 is 1.96 bits per heavy atom. The van der Waals surface area contributed by atoms with Crippen LogP contribution in [0.3, 0.4) is 0 Å². The maximum Gasteiger partial charge on any atom is 0.205 e. The van der Waals surface area contributed by atoms with E-state index in [-0.39, 0.29) is 5.82 Å². The number of halogens is 2. The molecule has 1 N–H and O–H groups in total. The van der Waals surface area contributed by atoms with Crippen LogP contribution in [0.15, 0.2) is 59.9 Å². The largest absolute Gasteiger partial charge is 0.365 e. The molecule has 1 aromatic heterocycles. The van der Waals surface area contributed by atoms with E-state index in [0.717, 1.165) is 0 Å². The van der Waals surface area contributed by atoms with E-state index >= 15 is 0 Å². The molecule has 0 fully saturated rings. The first-order valence-corrected chi connectivity index (χ1v) is 7.37. The highest BCUT2D eigenvalue weighted by atomic mass is 35.5. The number of nitrogens with zero attached hydrogens (tertiary/aromatic N) is 3. The van der Waals surface area contributed by atoms with Crippen molar-refractivity contribution in [3.8, 4) is 5.69 Å². The Bertz CT molecular complexity index is 935. The van der Waals surface area contributed by atoms with Gasteiger partial charge in [-0.3, -0.25) is 4.57 Å². The SMILES string of the molecule is OC1N=C(c2ccccc2Cl)c2cc(F)ccc2-n2ccnc21. The summed E-state index contributed by atoms with van der Waals surface area (Å²) in [5, 5.41) is 10.9. The van der Waals surface area contributed by atoms with Crippen LogP contribution in [0.5, 0.6) is 0 Å². The fraction of sp³-hybridized carbons (Fsp3) is 0.0588. The van der Waals surface area contributed by atoms with Gasteiger partial charge in [-0.1, -0.05) is 29.8 Å². The van der Waals surface area contributed by atoms with Crippen molar-refractivity contribution in [3.05, 3.63) is 82.6 Å². The second-order valence-corrected chi connectivity index (χ2v) is 5.56. The molecule has 0 saturated heterocycles. The molecule has 6 heteroatoms. The molecule has 0 radical (unpaired) electrons. The lowest BCUT2D eigenvalue weighted by atomic mass is 10.00. The zero-order valence-corrected chi connectivity index (χ0v) is 12.6. The second-order valence-electron chi connectivity index (χ2n) is 5.15. The lowest BCUT2D eigenvalue weighted by Crippen LogP contribution is -2.08. The van der Waals surface area contributed by atoms with Crippen LogP contribution in [0.4, 0.5) is 4.39 Å². The molecule has 2 heterocycles. The number of rotatable bonds is 1. The van der Waals surface area contributed by atoms with Crippen LogP contribution >= 0.6 is 11.6 Å². The summed E-state index contributed by atoms with van der Waals surface area (Å²) in [6, 6.07) is 11.5. The molecule has 1 aliphatic heterocycles. The Labute approximate surface area is 136 Å². The molecule has 4 rings (SSSR count). The van der Waals surface area contributed by atoms with E-state index in [1.165, 1.54) is 12.1 Å². The zero-order chi connectivity index (χ0) is 16.0. The minimum atomic E-state index is -1.16. The van der Waals surface area contributed by atoms with Crippen LogP contribution in [0.1, 0.15) is 23.2 Å². The van der Waals surface area contributed by atoms with Gasteiger partial charge in [0.15, 0.2) is 5.82 Å². The highest BCUT2D eigenvalue weighted by Gasteiger charge is 2.25. The van der Waals surface area contributed by atoms with Gasteiger partial charge in [-0.05, 0) is 24.3 Å². The van der Waals surface area contributed by atoms with Gasteiger partial charge in [0.2, 0.25) is 6.23 Å². The summed E-state index contributed by atoms with van der Waals surface area (Å²) >= 11 is 6.27. The van der Waals surface area contributed by atoms with Crippen molar-refractivity contribution in [1.29, 1.82) is 0 Å². The number of aliphatic hydroxyl groups is 1. The van der Waals surface area contributed by atoms with Gasteiger partial charge in [0, 0.05) is 28.5 Å². The lowest BCUT2D eigenvalue weighted by molar-refractivity contribution is 0.177.